The average molecular weight is 290 g/mol. The largest absolute Gasteiger partial charge is 0.343 e. The molecule has 0 atom stereocenters. The number of rotatable bonds is 4. The van der Waals surface area contributed by atoms with Gasteiger partial charge in [-0.3, -0.25) is 4.79 Å². The summed E-state index contributed by atoms with van der Waals surface area (Å²) in [6.45, 7) is 1.65. The first-order valence-electron chi connectivity index (χ1n) is 6.99. The number of aromatic nitrogens is 3. The number of carbonyl (C=O) groups excluding carboxylic acids is 1. The van der Waals surface area contributed by atoms with Gasteiger partial charge in [0.15, 0.2) is 0 Å². The highest BCUT2D eigenvalue weighted by molar-refractivity contribution is 7.09. The maximum absolute atomic E-state index is 12.2. The third-order valence-electron chi connectivity index (χ3n) is 3.80. The SMILES string of the molecule is O=C(CCc1cccs1)N1CCC(n2ccnn2)CC1. The molecule has 1 fully saturated rings. The molecule has 0 aromatic carbocycles. The van der Waals surface area contributed by atoms with Gasteiger partial charge in [0.1, 0.15) is 0 Å². The molecule has 0 bridgehead atoms. The average Bonchev–Trinajstić information content (AvgIpc) is 3.18. The number of amides is 1. The molecule has 6 heteroatoms. The normalized spacial score (nSPS) is 16.5. The molecule has 1 amide bonds. The Morgan fingerprint density at radius 2 is 2.25 bits per heavy atom. The molecule has 5 nitrogen and oxygen atoms in total. The summed E-state index contributed by atoms with van der Waals surface area (Å²) >= 11 is 1.72. The lowest BCUT2D eigenvalue weighted by Crippen LogP contribution is -2.39. The lowest BCUT2D eigenvalue weighted by atomic mass is 10.0. The molecule has 1 aliphatic rings. The highest BCUT2D eigenvalue weighted by Gasteiger charge is 2.23. The predicted molar refractivity (Wildman–Crippen MR) is 77.5 cm³/mol. The molecule has 2 aromatic heterocycles. The molecule has 0 unspecified atom stereocenters. The van der Waals surface area contributed by atoms with Gasteiger partial charge < -0.3 is 4.90 Å². The van der Waals surface area contributed by atoms with Crippen LogP contribution in [0.5, 0.6) is 0 Å². The third-order valence-corrected chi connectivity index (χ3v) is 4.73. The van der Waals surface area contributed by atoms with Crippen molar-refractivity contribution in [2.45, 2.75) is 31.7 Å². The summed E-state index contributed by atoms with van der Waals surface area (Å²) in [4.78, 5) is 15.5. The first-order chi connectivity index (χ1) is 9.83. The van der Waals surface area contributed by atoms with Gasteiger partial charge >= 0.3 is 0 Å². The third kappa shape index (κ3) is 3.07. The van der Waals surface area contributed by atoms with Crippen molar-refractivity contribution in [2.75, 3.05) is 13.1 Å². The van der Waals surface area contributed by atoms with E-state index in [9.17, 15) is 4.79 Å². The van der Waals surface area contributed by atoms with E-state index in [1.54, 1.807) is 17.5 Å². The zero-order valence-electron chi connectivity index (χ0n) is 11.3. The molecule has 2 aromatic rings. The highest BCUT2D eigenvalue weighted by Crippen LogP contribution is 2.22. The quantitative estimate of drug-likeness (QED) is 0.867. The van der Waals surface area contributed by atoms with Crippen LogP contribution in [0.2, 0.25) is 0 Å². The number of aryl methyl sites for hydroxylation is 1. The van der Waals surface area contributed by atoms with Crippen molar-refractivity contribution >= 4 is 17.2 Å². The van der Waals surface area contributed by atoms with E-state index in [-0.39, 0.29) is 5.91 Å². The first kappa shape index (κ1) is 13.3. The van der Waals surface area contributed by atoms with Crippen LogP contribution in [0.4, 0.5) is 0 Å². The van der Waals surface area contributed by atoms with Crippen molar-refractivity contribution in [1.29, 1.82) is 0 Å². The van der Waals surface area contributed by atoms with Gasteiger partial charge in [-0.2, -0.15) is 0 Å². The zero-order valence-corrected chi connectivity index (χ0v) is 12.1. The number of nitrogens with zero attached hydrogens (tertiary/aromatic N) is 4. The van der Waals surface area contributed by atoms with Gasteiger partial charge in [0.05, 0.1) is 12.2 Å². The van der Waals surface area contributed by atoms with Crippen molar-refractivity contribution in [3.05, 3.63) is 34.8 Å². The number of hydrogen-bond acceptors (Lipinski definition) is 4. The van der Waals surface area contributed by atoms with E-state index >= 15 is 0 Å². The molecule has 0 saturated carbocycles. The number of carbonyl (C=O) groups is 1. The molecular formula is C14H18N4OS. The van der Waals surface area contributed by atoms with Crippen LogP contribution in [0.15, 0.2) is 29.9 Å². The second-order valence-electron chi connectivity index (χ2n) is 5.07. The fourth-order valence-corrected chi connectivity index (χ4v) is 3.34. The Balaban J connectivity index is 1.46. The Hall–Kier alpha value is -1.69. The van der Waals surface area contributed by atoms with Crippen molar-refractivity contribution in [1.82, 2.24) is 19.9 Å². The Morgan fingerprint density at radius 3 is 2.90 bits per heavy atom. The summed E-state index contributed by atoms with van der Waals surface area (Å²) in [6, 6.07) is 4.52. The van der Waals surface area contributed by atoms with Crippen molar-refractivity contribution < 1.29 is 4.79 Å². The van der Waals surface area contributed by atoms with Gasteiger partial charge in [-0.1, -0.05) is 11.3 Å². The van der Waals surface area contributed by atoms with Crippen LogP contribution < -0.4 is 0 Å². The molecule has 1 aliphatic heterocycles. The van der Waals surface area contributed by atoms with E-state index in [0.717, 1.165) is 32.4 Å². The fourth-order valence-electron chi connectivity index (χ4n) is 2.64. The molecule has 3 rings (SSSR count). The summed E-state index contributed by atoms with van der Waals surface area (Å²) in [7, 11) is 0. The summed E-state index contributed by atoms with van der Waals surface area (Å²) in [5, 5.41) is 9.95. The molecular weight excluding hydrogens is 272 g/mol. The summed E-state index contributed by atoms with van der Waals surface area (Å²) in [6.07, 6.45) is 7.02. The topological polar surface area (TPSA) is 51.0 Å². The minimum absolute atomic E-state index is 0.274. The van der Waals surface area contributed by atoms with Gasteiger partial charge in [-0.05, 0) is 30.7 Å². The van der Waals surface area contributed by atoms with Crippen molar-refractivity contribution in [3.8, 4) is 0 Å². The van der Waals surface area contributed by atoms with Gasteiger partial charge in [0.25, 0.3) is 0 Å². The molecule has 0 N–H and O–H groups in total. The van der Waals surface area contributed by atoms with Crippen LogP contribution in [0.25, 0.3) is 0 Å². The Kier molecular flexibility index (Phi) is 4.11. The Bertz CT molecular complexity index is 530. The minimum Gasteiger partial charge on any atom is -0.343 e. The van der Waals surface area contributed by atoms with Crippen LogP contribution in [-0.4, -0.2) is 38.9 Å². The van der Waals surface area contributed by atoms with Gasteiger partial charge in [-0.15, -0.1) is 16.4 Å². The molecule has 1 saturated heterocycles. The van der Waals surface area contributed by atoms with Crippen LogP contribution in [0.3, 0.4) is 0 Å². The van der Waals surface area contributed by atoms with Crippen LogP contribution in [0.1, 0.15) is 30.2 Å². The number of thiophene rings is 1. The van der Waals surface area contributed by atoms with Crippen LogP contribution in [0, 0.1) is 0 Å². The monoisotopic (exact) mass is 290 g/mol. The molecule has 3 heterocycles. The van der Waals surface area contributed by atoms with E-state index in [0.29, 0.717) is 12.5 Å². The van der Waals surface area contributed by atoms with Crippen molar-refractivity contribution in [3.63, 3.8) is 0 Å². The summed E-state index contributed by atoms with van der Waals surface area (Å²) < 4.78 is 1.91. The van der Waals surface area contributed by atoms with Crippen LogP contribution in [-0.2, 0) is 11.2 Å². The van der Waals surface area contributed by atoms with E-state index in [1.807, 2.05) is 21.8 Å². The smallest absolute Gasteiger partial charge is 0.222 e. The van der Waals surface area contributed by atoms with E-state index in [1.165, 1.54) is 4.88 Å². The maximum atomic E-state index is 12.2. The molecule has 106 valence electrons. The second-order valence-corrected chi connectivity index (χ2v) is 6.11. The first-order valence-corrected chi connectivity index (χ1v) is 7.87. The maximum Gasteiger partial charge on any atom is 0.222 e. The summed E-state index contributed by atoms with van der Waals surface area (Å²) in [5.41, 5.74) is 0. The predicted octanol–water partition coefficient (Wildman–Crippen LogP) is 2.14. The van der Waals surface area contributed by atoms with E-state index in [2.05, 4.69) is 21.8 Å². The van der Waals surface area contributed by atoms with E-state index in [4.69, 9.17) is 0 Å². The number of piperidine rings is 1. The molecule has 0 aliphatic carbocycles. The second kappa shape index (κ2) is 6.17. The van der Waals surface area contributed by atoms with E-state index < -0.39 is 0 Å². The standard InChI is InChI=1S/C14H18N4OS/c19-14(4-3-13-2-1-11-20-13)17-8-5-12(6-9-17)18-10-7-15-16-18/h1-2,7,10-12H,3-6,8-9H2. The Labute approximate surface area is 122 Å². The minimum atomic E-state index is 0.274. The lowest BCUT2D eigenvalue weighted by molar-refractivity contribution is -0.132. The van der Waals surface area contributed by atoms with Crippen LogP contribution >= 0.6 is 11.3 Å². The van der Waals surface area contributed by atoms with Crippen molar-refractivity contribution in [2.24, 2.45) is 0 Å². The highest BCUT2D eigenvalue weighted by atomic mass is 32.1. The fraction of sp³-hybridized carbons (Fsp3) is 0.500. The van der Waals surface area contributed by atoms with Gasteiger partial charge in [0.2, 0.25) is 5.91 Å². The van der Waals surface area contributed by atoms with Gasteiger partial charge in [0, 0.05) is 30.6 Å². The Morgan fingerprint density at radius 1 is 1.40 bits per heavy atom. The summed E-state index contributed by atoms with van der Waals surface area (Å²) in [5.74, 6) is 0.274. The zero-order chi connectivity index (χ0) is 13.8. The molecule has 0 spiro atoms. The molecule has 0 radical (unpaired) electrons. The molecule has 20 heavy (non-hydrogen) atoms. The number of hydrogen-bond donors (Lipinski definition) is 0. The lowest BCUT2D eigenvalue weighted by Gasteiger charge is -2.31. The van der Waals surface area contributed by atoms with Gasteiger partial charge in [-0.25, -0.2) is 4.68 Å². The number of likely N-dealkylation sites (tertiary alicyclic amines) is 1.